The average molecular weight is 267 g/mol. The number of likely N-dealkylation sites (N-methyl/N-ethyl adjacent to an activating group) is 1. The lowest BCUT2D eigenvalue weighted by Gasteiger charge is -2.25. The Morgan fingerprint density at radius 1 is 1.50 bits per heavy atom. The van der Waals surface area contributed by atoms with Crippen LogP contribution in [-0.4, -0.2) is 49.6 Å². The summed E-state index contributed by atoms with van der Waals surface area (Å²) >= 11 is 1.74. The van der Waals surface area contributed by atoms with Crippen molar-refractivity contribution in [3.05, 3.63) is 22.4 Å². The third kappa shape index (κ3) is 3.23. The van der Waals surface area contributed by atoms with E-state index in [4.69, 9.17) is 0 Å². The number of hydrogen-bond acceptors (Lipinski definition) is 3. The first-order valence-electron chi connectivity index (χ1n) is 6.41. The SMILES string of the molecule is CN(C)C(CNC(=O)N1CCCC1)c1cccs1. The summed E-state index contributed by atoms with van der Waals surface area (Å²) in [7, 11) is 4.10. The van der Waals surface area contributed by atoms with E-state index in [0.717, 1.165) is 25.9 Å². The monoisotopic (exact) mass is 267 g/mol. The van der Waals surface area contributed by atoms with Crippen molar-refractivity contribution < 1.29 is 4.79 Å². The smallest absolute Gasteiger partial charge is 0.317 e. The lowest BCUT2D eigenvalue weighted by Crippen LogP contribution is -2.41. The Balaban J connectivity index is 1.88. The van der Waals surface area contributed by atoms with Gasteiger partial charge in [-0.3, -0.25) is 0 Å². The summed E-state index contributed by atoms with van der Waals surface area (Å²) in [6, 6.07) is 4.52. The molecule has 4 nitrogen and oxygen atoms in total. The van der Waals surface area contributed by atoms with E-state index in [-0.39, 0.29) is 12.1 Å². The van der Waals surface area contributed by atoms with Gasteiger partial charge in [0.15, 0.2) is 0 Å². The molecule has 0 spiro atoms. The third-order valence-corrected chi connectivity index (χ3v) is 4.31. The van der Waals surface area contributed by atoms with E-state index < -0.39 is 0 Å². The fourth-order valence-corrected chi connectivity index (χ4v) is 3.16. The van der Waals surface area contributed by atoms with E-state index in [0.29, 0.717) is 6.54 Å². The number of rotatable bonds is 4. The highest BCUT2D eigenvalue weighted by Crippen LogP contribution is 2.22. The number of carbonyl (C=O) groups is 1. The minimum absolute atomic E-state index is 0.0795. The number of amides is 2. The number of likely N-dealkylation sites (tertiary alicyclic amines) is 1. The molecule has 0 bridgehead atoms. The largest absolute Gasteiger partial charge is 0.336 e. The standard InChI is InChI=1S/C13H21N3OS/c1-15(2)11(12-6-5-9-18-12)10-14-13(17)16-7-3-4-8-16/h5-6,9,11H,3-4,7-8,10H2,1-2H3,(H,14,17). The molecule has 1 aromatic rings. The van der Waals surface area contributed by atoms with Gasteiger partial charge in [-0.2, -0.15) is 0 Å². The maximum Gasteiger partial charge on any atom is 0.317 e. The third-order valence-electron chi connectivity index (χ3n) is 3.33. The maximum absolute atomic E-state index is 11.9. The van der Waals surface area contributed by atoms with Crippen LogP contribution < -0.4 is 5.32 Å². The molecule has 1 aliphatic rings. The van der Waals surface area contributed by atoms with Crippen molar-refractivity contribution in [1.82, 2.24) is 15.1 Å². The van der Waals surface area contributed by atoms with Crippen LogP contribution in [0.15, 0.2) is 17.5 Å². The van der Waals surface area contributed by atoms with Gasteiger partial charge < -0.3 is 15.1 Å². The molecule has 0 aliphatic carbocycles. The number of hydrogen-bond donors (Lipinski definition) is 1. The molecule has 0 radical (unpaired) electrons. The Bertz CT molecular complexity index is 372. The number of carbonyl (C=O) groups excluding carboxylic acids is 1. The molecule has 1 fully saturated rings. The molecule has 2 amide bonds. The molecule has 1 N–H and O–H groups in total. The van der Waals surface area contributed by atoms with Crippen LogP contribution in [0.4, 0.5) is 4.79 Å². The molecule has 0 saturated carbocycles. The van der Waals surface area contributed by atoms with Gasteiger partial charge in [0.1, 0.15) is 0 Å². The van der Waals surface area contributed by atoms with Gasteiger partial charge in [-0.05, 0) is 38.4 Å². The first-order chi connectivity index (χ1) is 8.68. The Kier molecular flexibility index (Phi) is 4.60. The average Bonchev–Trinajstić information content (AvgIpc) is 3.01. The van der Waals surface area contributed by atoms with Crippen LogP contribution in [-0.2, 0) is 0 Å². The molecule has 1 aliphatic heterocycles. The second-order valence-electron chi connectivity index (χ2n) is 4.88. The van der Waals surface area contributed by atoms with Crippen molar-refractivity contribution in [1.29, 1.82) is 0 Å². The fraction of sp³-hybridized carbons (Fsp3) is 0.615. The Morgan fingerprint density at radius 3 is 2.78 bits per heavy atom. The highest BCUT2D eigenvalue weighted by atomic mass is 32.1. The van der Waals surface area contributed by atoms with Crippen molar-refractivity contribution in [3.8, 4) is 0 Å². The second-order valence-corrected chi connectivity index (χ2v) is 5.85. The number of urea groups is 1. The maximum atomic E-state index is 11.9. The van der Waals surface area contributed by atoms with E-state index in [1.54, 1.807) is 11.3 Å². The van der Waals surface area contributed by atoms with Crippen LogP contribution in [0.25, 0.3) is 0 Å². The van der Waals surface area contributed by atoms with Gasteiger partial charge in [0.05, 0.1) is 6.04 Å². The van der Waals surface area contributed by atoms with Crippen molar-refractivity contribution in [2.45, 2.75) is 18.9 Å². The molecule has 2 rings (SSSR count). The Hall–Kier alpha value is -1.07. The molecule has 1 saturated heterocycles. The van der Waals surface area contributed by atoms with Crippen LogP contribution in [0.5, 0.6) is 0 Å². The van der Waals surface area contributed by atoms with Crippen LogP contribution >= 0.6 is 11.3 Å². The van der Waals surface area contributed by atoms with Crippen molar-refractivity contribution >= 4 is 17.4 Å². The van der Waals surface area contributed by atoms with Gasteiger partial charge in [-0.15, -0.1) is 11.3 Å². The number of nitrogens with zero attached hydrogens (tertiary/aromatic N) is 2. The fourth-order valence-electron chi connectivity index (χ4n) is 2.23. The zero-order valence-corrected chi connectivity index (χ0v) is 11.9. The van der Waals surface area contributed by atoms with E-state index in [9.17, 15) is 4.79 Å². The molecular weight excluding hydrogens is 246 g/mol. The first-order valence-corrected chi connectivity index (χ1v) is 7.29. The van der Waals surface area contributed by atoms with Crippen molar-refractivity contribution in [3.63, 3.8) is 0 Å². The van der Waals surface area contributed by atoms with Gasteiger partial charge in [0.2, 0.25) is 0 Å². The summed E-state index contributed by atoms with van der Waals surface area (Å²) in [6.45, 7) is 2.47. The molecule has 5 heteroatoms. The summed E-state index contributed by atoms with van der Waals surface area (Å²) in [6.07, 6.45) is 2.27. The lowest BCUT2D eigenvalue weighted by molar-refractivity contribution is 0.203. The minimum Gasteiger partial charge on any atom is -0.336 e. The topological polar surface area (TPSA) is 35.6 Å². The van der Waals surface area contributed by atoms with Crippen molar-refractivity contribution in [2.75, 3.05) is 33.7 Å². The second kappa shape index (κ2) is 6.20. The number of nitrogens with one attached hydrogen (secondary N) is 1. The summed E-state index contributed by atoms with van der Waals surface area (Å²) in [5.41, 5.74) is 0. The highest BCUT2D eigenvalue weighted by Gasteiger charge is 2.20. The first kappa shape index (κ1) is 13.4. The van der Waals surface area contributed by atoms with Crippen LogP contribution in [0.3, 0.4) is 0 Å². The predicted octanol–water partition coefficient (Wildman–Crippen LogP) is 2.16. The van der Waals surface area contributed by atoms with E-state index in [2.05, 4.69) is 27.7 Å². The predicted molar refractivity (Wildman–Crippen MR) is 75.0 cm³/mol. The molecule has 1 unspecified atom stereocenters. The van der Waals surface area contributed by atoms with Gasteiger partial charge in [0, 0.05) is 24.5 Å². The summed E-state index contributed by atoms with van der Waals surface area (Å²) in [5, 5.41) is 5.12. The van der Waals surface area contributed by atoms with Gasteiger partial charge in [-0.1, -0.05) is 6.07 Å². The van der Waals surface area contributed by atoms with E-state index >= 15 is 0 Å². The van der Waals surface area contributed by atoms with E-state index in [1.807, 2.05) is 19.0 Å². The van der Waals surface area contributed by atoms with Gasteiger partial charge in [0.25, 0.3) is 0 Å². The number of thiophene rings is 1. The lowest BCUT2D eigenvalue weighted by atomic mass is 10.2. The molecule has 2 heterocycles. The Morgan fingerprint density at radius 2 is 2.22 bits per heavy atom. The van der Waals surface area contributed by atoms with Gasteiger partial charge in [-0.25, -0.2) is 4.79 Å². The quantitative estimate of drug-likeness (QED) is 0.907. The summed E-state index contributed by atoms with van der Waals surface area (Å²) < 4.78 is 0. The molecule has 1 aromatic heterocycles. The molecule has 18 heavy (non-hydrogen) atoms. The zero-order valence-electron chi connectivity index (χ0n) is 11.1. The molecule has 1 atom stereocenters. The Labute approximate surface area is 113 Å². The minimum atomic E-state index is 0.0795. The van der Waals surface area contributed by atoms with Crippen LogP contribution in [0.1, 0.15) is 23.8 Å². The molecule has 100 valence electrons. The highest BCUT2D eigenvalue weighted by molar-refractivity contribution is 7.10. The summed E-state index contributed by atoms with van der Waals surface area (Å²) in [5.74, 6) is 0. The van der Waals surface area contributed by atoms with E-state index in [1.165, 1.54) is 4.88 Å². The van der Waals surface area contributed by atoms with Crippen LogP contribution in [0, 0.1) is 0 Å². The normalized spacial score (nSPS) is 17.2. The molecular formula is C13H21N3OS. The van der Waals surface area contributed by atoms with Crippen molar-refractivity contribution in [2.24, 2.45) is 0 Å². The van der Waals surface area contributed by atoms with Gasteiger partial charge >= 0.3 is 6.03 Å². The summed E-state index contributed by atoms with van der Waals surface area (Å²) in [4.78, 5) is 17.3. The zero-order chi connectivity index (χ0) is 13.0. The molecule has 0 aromatic carbocycles. The van der Waals surface area contributed by atoms with Crippen LogP contribution in [0.2, 0.25) is 0 Å².